The van der Waals surface area contributed by atoms with Crippen LogP contribution in [0.2, 0.25) is 5.02 Å². The number of halogens is 5. The summed E-state index contributed by atoms with van der Waals surface area (Å²) in [5, 5.41) is 3.65. The van der Waals surface area contributed by atoms with Crippen LogP contribution in [0.3, 0.4) is 0 Å². The van der Waals surface area contributed by atoms with Crippen LogP contribution in [0.5, 0.6) is 5.88 Å². The van der Waals surface area contributed by atoms with Crippen molar-refractivity contribution < 1.29 is 41.7 Å². The van der Waals surface area contributed by atoms with Gasteiger partial charge in [-0.3, -0.25) is 0 Å². The fraction of sp³-hybridized carbons (Fsp3) is 0.316. The molecule has 0 N–H and O–H groups in total. The summed E-state index contributed by atoms with van der Waals surface area (Å²) in [5.41, 5.74) is -0.653. The number of carbonyl (C=O) groups excluding carboxylic acids is 2. The lowest BCUT2D eigenvalue weighted by Gasteiger charge is -2.15. The Bertz CT molecular complexity index is 1020. The topological polar surface area (TPSA) is 88.9 Å². The molecule has 1 aromatic heterocycles. The van der Waals surface area contributed by atoms with Gasteiger partial charge in [-0.05, 0) is 34.5 Å². The summed E-state index contributed by atoms with van der Waals surface area (Å²) < 4.78 is 59.5. The average molecular weight is 542 g/mol. The predicted octanol–water partition coefficient (Wildman–Crippen LogP) is 5.48. The fourth-order valence-electron chi connectivity index (χ4n) is 2.39. The maximum atomic E-state index is 14.6. The van der Waals surface area contributed by atoms with Crippen LogP contribution in [-0.2, 0) is 21.3 Å². The molecule has 0 amide bonds. The van der Waals surface area contributed by atoms with Crippen LogP contribution in [0.25, 0.3) is 11.3 Å². The predicted molar refractivity (Wildman–Crippen MR) is 110 cm³/mol. The van der Waals surface area contributed by atoms with Gasteiger partial charge in [0.15, 0.2) is 0 Å². The Hall–Kier alpha value is -2.73. The molecule has 2 rings (SSSR count). The smallest absolute Gasteiger partial charge is 0.434 e. The number of nitrogens with zero attached hydrogens (tertiary/aromatic N) is 2. The van der Waals surface area contributed by atoms with Crippen molar-refractivity contribution in [2.75, 3.05) is 6.61 Å². The minimum Gasteiger partial charge on any atom is -0.434 e. The van der Waals surface area contributed by atoms with E-state index in [0.29, 0.717) is 6.42 Å². The summed E-state index contributed by atoms with van der Waals surface area (Å²) in [6.45, 7) is 1.62. The van der Waals surface area contributed by atoms with Crippen LogP contribution >= 0.6 is 27.5 Å². The van der Waals surface area contributed by atoms with Gasteiger partial charge in [0, 0.05) is 19.5 Å². The van der Waals surface area contributed by atoms with E-state index in [-0.39, 0.29) is 38.8 Å². The minimum atomic E-state index is -3.14. The first-order valence-electron chi connectivity index (χ1n) is 8.87. The summed E-state index contributed by atoms with van der Waals surface area (Å²) in [5.74, 6) is -2.28. The summed E-state index contributed by atoms with van der Waals surface area (Å²) in [4.78, 5) is 24.0. The zero-order chi connectivity index (χ0) is 24.0. The molecule has 1 aromatic carbocycles. The average Bonchev–Trinajstić information content (AvgIpc) is 2.95. The summed E-state index contributed by atoms with van der Waals surface area (Å²) in [7, 11) is 1.31. The van der Waals surface area contributed by atoms with Gasteiger partial charge in [-0.2, -0.15) is 13.9 Å². The first kappa shape index (κ1) is 25.5. The van der Waals surface area contributed by atoms with Gasteiger partial charge < -0.3 is 18.9 Å². The molecule has 1 atom stereocenters. The Balaban J connectivity index is 2.24. The first-order valence-corrected chi connectivity index (χ1v) is 10.0. The molecule has 0 aliphatic carbocycles. The van der Waals surface area contributed by atoms with Gasteiger partial charge in [0.25, 0.3) is 0 Å². The van der Waals surface area contributed by atoms with Gasteiger partial charge in [-0.15, -0.1) is 6.58 Å². The maximum Gasteiger partial charge on any atom is 0.511 e. The van der Waals surface area contributed by atoms with E-state index in [1.807, 2.05) is 0 Å². The molecule has 174 valence electrons. The van der Waals surface area contributed by atoms with Crippen LogP contribution in [0.4, 0.5) is 18.0 Å². The zero-order valence-corrected chi connectivity index (χ0v) is 19.1. The lowest BCUT2D eigenvalue weighted by atomic mass is 10.1. The highest BCUT2D eigenvalue weighted by atomic mass is 79.9. The lowest BCUT2D eigenvalue weighted by molar-refractivity contribution is -0.0816. The van der Waals surface area contributed by atoms with Gasteiger partial charge in [-0.25, -0.2) is 18.7 Å². The quantitative estimate of drug-likeness (QED) is 0.180. The molecule has 32 heavy (non-hydrogen) atoms. The maximum absolute atomic E-state index is 14.6. The van der Waals surface area contributed by atoms with Gasteiger partial charge in [0.1, 0.15) is 16.0 Å². The number of rotatable bonds is 9. The Morgan fingerprint density at radius 2 is 2.03 bits per heavy atom. The molecule has 13 heteroatoms. The summed E-state index contributed by atoms with van der Waals surface area (Å²) >= 11 is 9.00. The van der Waals surface area contributed by atoms with Crippen LogP contribution in [-0.4, -0.2) is 41.4 Å². The summed E-state index contributed by atoms with van der Waals surface area (Å²) in [6.07, 6.45) is -0.476. The molecule has 0 saturated heterocycles. The molecule has 1 heterocycles. The van der Waals surface area contributed by atoms with Gasteiger partial charge in [-0.1, -0.05) is 17.7 Å². The highest BCUT2D eigenvalue weighted by molar-refractivity contribution is 9.10. The molecule has 1 unspecified atom stereocenters. The van der Waals surface area contributed by atoms with E-state index in [2.05, 4.69) is 32.3 Å². The van der Waals surface area contributed by atoms with E-state index in [4.69, 9.17) is 25.8 Å². The molecule has 0 radical (unpaired) electrons. The second-order valence-corrected chi connectivity index (χ2v) is 7.25. The largest absolute Gasteiger partial charge is 0.511 e. The molecule has 0 fully saturated rings. The van der Waals surface area contributed by atoms with Gasteiger partial charge in [0.2, 0.25) is 12.2 Å². The lowest BCUT2D eigenvalue weighted by Crippen LogP contribution is -2.22. The van der Waals surface area contributed by atoms with Crippen molar-refractivity contribution in [3.63, 3.8) is 0 Å². The number of aryl methyl sites for hydroxylation is 1. The van der Waals surface area contributed by atoms with Crippen LogP contribution in [0.1, 0.15) is 23.7 Å². The molecule has 0 saturated carbocycles. The van der Waals surface area contributed by atoms with Crippen molar-refractivity contribution in [2.45, 2.75) is 26.2 Å². The number of carbonyl (C=O) groups is 2. The first-order chi connectivity index (χ1) is 15.0. The molecular formula is C19H17BrClF3N2O6. The number of esters is 1. The number of benzene rings is 1. The van der Waals surface area contributed by atoms with Crippen molar-refractivity contribution in [1.82, 2.24) is 9.78 Å². The van der Waals surface area contributed by atoms with E-state index in [0.717, 1.165) is 16.8 Å². The second-order valence-electron chi connectivity index (χ2n) is 6.05. The van der Waals surface area contributed by atoms with Crippen molar-refractivity contribution in [3.05, 3.63) is 45.7 Å². The molecule has 0 spiro atoms. The number of hydrogen-bond acceptors (Lipinski definition) is 7. The van der Waals surface area contributed by atoms with E-state index in [9.17, 15) is 22.8 Å². The van der Waals surface area contributed by atoms with E-state index in [1.165, 1.54) is 20.0 Å². The standard InChI is InChI=1S/C19H17BrClF3N2O6/c1-4-5-6-29-19(28)31-9(2)30-17(27)10-7-11(13(22)8-12(10)21)15-14(20)16(26(3)25-15)32-18(23)24/h4,7-9,18H,1,5-6H2,2-3H3. The van der Waals surface area contributed by atoms with Gasteiger partial charge in [0.05, 0.1) is 17.2 Å². The molecule has 2 aromatic rings. The van der Waals surface area contributed by atoms with Crippen molar-refractivity contribution >= 4 is 39.7 Å². The number of aromatic nitrogens is 2. The van der Waals surface area contributed by atoms with E-state index < -0.39 is 30.8 Å². The van der Waals surface area contributed by atoms with Crippen LogP contribution in [0.15, 0.2) is 29.3 Å². The van der Waals surface area contributed by atoms with Crippen molar-refractivity contribution in [2.24, 2.45) is 7.05 Å². The van der Waals surface area contributed by atoms with Crippen LogP contribution < -0.4 is 4.74 Å². The number of ether oxygens (including phenoxy) is 4. The minimum absolute atomic E-state index is 0.0341. The molecule has 0 aliphatic rings. The number of hydrogen-bond donors (Lipinski definition) is 0. The summed E-state index contributed by atoms with van der Waals surface area (Å²) in [6, 6.07) is 1.85. The Morgan fingerprint density at radius 1 is 1.34 bits per heavy atom. The molecule has 0 aliphatic heterocycles. The Kier molecular flexibility index (Phi) is 8.96. The highest BCUT2D eigenvalue weighted by Crippen LogP contribution is 2.38. The third-order valence-corrected chi connectivity index (χ3v) is 4.78. The van der Waals surface area contributed by atoms with Gasteiger partial charge >= 0.3 is 18.7 Å². The number of alkyl halides is 2. The monoisotopic (exact) mass is 540 g/mol. The third-order valence-electron chi connectivity index (χ3n) is 3.75. The van der Waals surface area contributed by atoms with E-state index in [1.54, 1.807) is 0 Å². The van der Waals surface area contributed by atoms with Crippen molar-refractivity contribution in [3.8, 4) is 17.1 Å². The zero-order valence-electron chi connectivity index (χ0n) is 16.7. The fourth-order valence-corrected chi connectivity index (χ4v) is 3.26. The molecule has 0 bridgehead atoms. The van der Waals surface area contributed by atoms with Crippen molar-refractivity contribution in [1.29, 1.82) is 0 Å². The third kappa shape index (κ3) is 6.39. The SMILES string of the molecule is C=CCCOC(=O)OC(C)OC(=O)c1cc(-c2nn(C)c(OC(F)F)c2Br)c(F)cc1Cl. The van der Waals surface area contributed by atoms with Crippen LogP contribution in [0, 0.1) is 5.82 Å². The molecule has 8 nitrogen and oxygen atoms in total. The normalized spacial score (nSPS) is 11.8. The highest BCUT2D eigenvalue weighted by Gasteiger charge is 2.25. The Labute approximate surface area is 194 Å². The second kappa shape index (κ2) is 11.2. The molecular weight excluding hydrogens is 525 g/mol. The Morgan fingerprint density at radius 3 is 2.66 bits per heavy atom. The van der Waals surface area contributed by atoms with E-state index >= 15 is 0 Å².